The van der Waals surface area contributed by atoms with Crippen molar-refractivity contribution in [2.24, 2.45) is 0 Å². The summed E-state index contributed by atoms with van der Waals surface area (Å²) in [7, 11) is 0. The first-order valence-corrected chi connectivity index (χ1v) is 7.27. The standard InChI is InChI=1S/C18H23NO/c1-3-19-15(2)13-16-9-11-18(12-10-16)20-14-17-7-5-4-6-8-17/h4-12,15,19H,3,13-14H2,1-2H3. The number of nitrogens with one attached hydrogen (secondary N) is 1. The number of benzene rings is 2. The summed E-state index contributed by atoms with van der Waals surface area (Å²) in [5, 5.41) is 3.42. The molecule has 0 spiro atoms. The van der Waals surface area contributed by atoms with Crippen LogP contribution in [0.15, 0.2) is 54.6 Å². The van der Waals surface area contributed by atoms with E-state index >= 15 is 0 Å². The maximum atomic E-state index is 5.78. The largest absolute Gasteiger partial charge is 0.489 e. The van der Waals surface area contributed by atoms with Crippen molar-refractivity contribution in [3.63, 3.8) is 0 Å². The molecule has 0 radical (unpaired) electrons. The fourth-order valence-electron chi connectivity index (χ4n) is 2.24. The van der Waals surface area contributed by atoms with Gasteiger partial charge in [-0.25, -0.2) is 0 Å². The van der Waals surface area contributed by atoms with Crippen LogP contribution < -0.4 is 10.1 Å². The summed E-state index contributed by atoms with van der Waals surface area (Å²) < 4.78 is 5.78. The van der Waals surface area contributed by atoms with E-state index in [1.165, 1.54) is 11.1 Å². The highest BCUT2D eigenvalue weighted by Gasteiger charge is 2.02. The molecular formula is C18H23NO. The van der Waals surface area contributed by atoms with Gasteiger partial charge in [0.05, 0.1) is 0 Å². The molecule has 0 saturated heterocycles. The van der Waals surface area contributed by atoms with Gasteiger partial charge in [-0.2, -0.15) is 0 Å². The van der Waals surface area contributed by atoms with Crippen molar-refractivity contribution in [1.82, 2.24) is 5.32 Å². The number of likely N-dealkylation sites (N-methyl/N-ethyl adjacent to an activating group) is 1. The Morgan fingerprint density at radius 1 is 0.950 bits per heavy atom. The van der Waals surface area contributed by atoms with Gasteiger partial charge in [0.2, 0.25) is 0 Å². The zero-order chi connectivity index (χ0) is 14.2. The molecule has 0 aliphatic rings. The predicted octanol–water partition coefficient (Wildman–Crippen LogP) is 3.81. The summed E-state index contributed by atoms with van der Waals surface area (Å²) in [5.41, 5.74) is 2.53. The summed E-state index contributed by atoms with van der Waals surface area (Å²) in [6, 6.07) is 19.1. The van der Waals surface area contributed by atoms with Gasteiger partial charge in [-0.05, 0) is 43.1 Å². The third kappa shape index (κ3) is 4.71. The molecule has 0 aliphatic carbocycles. The van der Waals surface area contributed by atoms with E-state index < -0.39 is 0 Å². The third-order valence-electron chi connectivity index (χ3n) is 3.27. The zero-order valence-electron chi connectivity index (χ0n) is 12.3. The van der Waals surface area contributed by atoms with Crippen LogP contribution in [0.5, 0.6) is 5.75 Å². The van der Waals surface area contributed by atoms with Gasteiger partial charge in [0.25, 0.3) is 0 Å². The van der Waals surface area contributed by atoms with Gasteiger partial charge < -0.3 is 10.1 Å². The maximum Gasteiger partial charge on any atom is 0.119 e. The first-order chi connectivity index (χ1) is 9.78. The van der Waals surface area contributed by atoms with Crippen molar-refractivity contribution in [1.29, 1.82) is 0 Å². The molecule has 1 N–H and O–H groups in total. The van der Waals surface area contributed by atoms with Gasteiger partial charge in [-0.15, -0.1) is 0 Å². The highest BCUT2D eigenvalue weighted by Crippen LogP contribution is 2.15. The normalized spacial score (nSPS) is 12.1. The molecule has 20 heavy (non-hydrogen) atoms. The summed E-state index contributed by atoms with van der Waals surface area (Å²) >= 11 is 0. The van der Waals surface area contributed by atoms with Crippen molar-refractivity contribution < 1.29 is 4.74 Å². The minimum Gasteiger partial charge on any atom is -0.489 e. The lowest BCUT2D eigenvalue weighted by Crippen LogP contribution is -2.27. The summed E-state index contributed by atoms with van der Waals surface area (Å²) in [6.07, 6.45) is 1.05. The molecule has 2 heteroatoms. The van der Waals surface area contributed by atoms with E-state index in [9.17, 15) is 0 Å². The van der Waals surface area contributed by atoms with Crippen LogP contribution in [-0.4, -0.2) is 12.6 Å². The van der Waals surface area contributed by atoms with Crippen molar-refractivity contribution in [2.45, 2.75) is 32.9 Å². The van der Waals surface area contributed by atoms with Crippen LogP contribution in [0.4, 0.5) is 0 Å². The average molecular weight is 269 g/mol. The van der Waals surface area contributed by atoms with Crippen LogP contribution in [0.2, 0.25) is 0 Å². The van der Waals surface area contributed by atoms with Crippen LogP contribution in [0.25, 0.3) is 0 Å². The second-order valence-corrected chi connectivity index (χ2v) is 5.08. The lowest BCUT2D eigenvalue weighted by Gasteiger charge is -2.12. The molecule has 0 amide bonds. The number of hydrogen-bond acceptors (Lipinski definition) is 2. The van der Waals surface area contributed by atoms with Gasteiger partial charge in [0, 0.05) is 6.04 Å². The Hall–Kier alpha value is -1.80. The molecule has 0 saturated carbocycles. The summed E-state index contributed by atoms with van der Waals surface area (Å²) in [5.74, 6) is 0.925. The highest BCUT2D eigenvalue weighted by atomic mass is 16.5. The Morgan fingerprint density at radius 2 is 1.65 bits per heavy atom. The van der Waals surface area contributed by atoms with E-state index in [1.807, 2.05) is 18.2 Å². The minimum absolute atomic E-state index is 0.510. The second kappa shape index (κ2) is 7.71. The Kier molecular flexibility index (Phi) is 5.63. The Bertz CT molecular complexity index is 493. The van der Waals surface area contributed by atoms with E-state index in [-0.39, 0.29) is 0 Å². The van der Waals surface area contributed by atoms with Gasteiger partial charge in [-0.1, -0.05) is 49.4 Å². The highest BCUT2D eigenvalue weighted by molar-refractivity contribution is 5.28. The van der Waals surface area contributed by atoms with Crippen LogP contribution in [-0.2, 0) is 13.0 Å². The molecule has 0 aliphatic heterocycles. The molecule has 2 nitrogen and oxygen atoms in total. The van der Waals surface area contributed by atoms with Gasteiger partial charge in [-0.3, -0.25) is 0 Å². The number of ether oxygens (including phenoxy) is 1. The SMILES string of the molecule is CCNC(C)Cc1ccc(OCc2ccccc2)cc1. The average Bonchev–Trinajstić information content (AvgIpc) is 2.48. The van der Waals surface area contributed by atoms with E-state index in [4.69, 9.17) is 4.74 Å². The smallest absolute Gasteiger partial charge is 0.119 e. The monoisotopic (exact) mass is 269 g/mol. The van der Waals surface area contributed by atoms with Gasteiger partial charge in [0.1, 0.15) is 12.4 Å². The molecule has 1 unspecified atom stereocenters. The summed E-state index contributed by atoms with van der Waals surface area (Å²) in [6.45, 7) is 5.98. The van der Waals surface area contributed by atoms with E-state index in [0.29, 0.717) is 12.6 Å². The summed E-state index contributed by atoms with van der Waals surface area (Å²) in [4.78, 5) is 0. The van der Waals surface area contributed by atoms with E-state index in [0.717, 1.165) is 18.7 Å². The number of rotatable bonds is 7. The predicted molar refractivity (Wildman–Crippen MR) is 84.1 cm³/mol. The van der Waals surface area contributed by atoms with Crippen molar-refractivity contribution in [3.05, 3.63) is 65.7 Å². The molecule has 0 bridgehead atoms. The van der Waals surface area contributed by atoms with Crippen molar-refractivity contribution in [2.75, 3.05) is 6.54 Å². The number of hydrogen-bond donors (Lipinski definition) is 1. The quantitative estimate of drug-likeness (QED) is 0.825. The first kappa shape index (κ1) is 14.6. The topological polar surface area (TPSA) is 21.3 Å². The fourth-order valence-corrected chi connectivity index (χ4v) is 2.24. The van der Waals surface area contributed by atoms with E-state index in [2.05, 4.69) is 55.6 Å². The van der Waals surface area contributed by atoms with Crippen LogP contribution in [0.1, 0.15) is 25.0 Å². The van der Waals surface area contributed by atoms with Gasteiger partial charge in [0.15, 0.2) is 0 Å². The van der Waals surface area contributed by atoms with Crippen molar-refractivity contribution >= 4 is 0 Å². The Morgan fingerprint density at radius 3 is 2.30 bits per heavy atom. The van der Waals surface area contributed by atoms with Crippen LogP contribution in [0.3, 0.4) is 0 Å². The molecule has 0 aromatic heterocycles. The molecular weight excluding hydrogens is 246 g/mol. The molecule has 2 aromatic rings. The van der Waals surface area contributed by atoms with Crippen LogP contribution in [0, 0.1) is 0 Å². The molecule has 1 atom stereocenters. The van der Waals surface area contributed by atoms with Gasteiger partial charge >= 0.3 is 0 Å². The third-order valence-corrected chi connectivity index (χ3v) is 3.27. The van der Waals surface area contributed by atoms with Crippen molar-refractivity contribution in [3.8, 4) is 5.75 Å². The lowest BCUT2D eigenvalue weighted by molar-refractivity contribution is 0.306. The van der Waals surface area contributed by atoms with E-state index in [1.54, 1.807) is 0 Å². The maximum absolute atomic E-state index is 5.78. The Labute approximate surface area is 121 Å². The molecule has 106 valence electrons. The van der Waals surface area contributed by atoms with Crippen LogP contribution >= 0.6 is 0 Å². The zero-order valence-corrected chi connectivity index (χ0v) is 12.3. The fraction of sp³-hybridized carbons (Fsp3) is 0.333. The molecule has 2 aromatic carbocycles. The first-order valence-electron chi connectivity index (χ1n) is 7.27. The molecule has 0 heterocycles. The molecule has 2 rings (SSSR count). The minimum atomic E-state index is 0.510. The second-order valence-electron chi connectivity index (χ2n) is 5.08. The Balaban J connectivity index is 1.85. The lowest BCUT2D eigenvalue weighted by atomic mass is 10.1. The molecule has 0 fully saturated rings.